The van der Waals surface area contributed by atoms with Gasteiger partial charge in [0.2, 0.25) is 0 Å². The fraction of sp³-hybridized carbons (Fsp3) is 0.875. The molecule has 2 aliphatic heterocycles. The third-order valence-corrected chi connectivity index (χ3v) is 2.82. The number of ether oxygens (including phenoxy) is 1. The fourth-order valence-electron chi connectivity index (χ4n) is 2.00. The highest BCUT2D eigenvalue weighted by Crippen LogP contribution is 2.33. The monoisotopic (exact) mass is 171 g/mol. The van der Waals surface area contributed by atoms with Gasteiger partial charge in [0.15, 0.2) is 0 Å². The van der Waals surface area contributed by atoms with Crippen LogP contribution in [0, 0.1) is 0 Å². The molecule has 68 valence electrons. The molecule has 4 nitrogen and oxygen atoms in total. The number of carboxylic acid groups (broad SMARTS) is 1. The smallest absolute Gasteiger partial charge is 0.320 e. The van der Waals surface area contributed by atoms with Crippen molar-refractivity contribution in [2.45, 2.75) is 30.8 Å². The van der Waals surface area contributed by atoms with Crippen molar-refractivity contribution in [3.05, 3.63) is 0 Å². The van der Waals surface area contributed by atoms with Gasteiger partial charge in [-0.1, -0.05) is 0 Å². The van der Waals surface area contributed by atoms with Crippen LogP contribution in [0.5, 0.6) is 0 Å². The SMILES string of the molecule is O=C(O)C1CC2(CCOCC2)N1. The molecule has 2 rings (SSSR count). The van der Waals surface area contributed by atoms with E-state index < -0.39 is 5.97 Å². The van der Waals surface area contributed by atoms with Gasteiger partial charge in [-0.15, -0.1) is 0 Å². The van der Waals surface area contributed by atoms with Gasteiger partial charge < -0.3 is 9.84 Å². The molecule has 0 aromatic carbocycles. The lowest BCUT2D eigenvalue weighted by molar-refractivity contribution is -0.146. The third-order valence-electron chi connectivity index (χ3n) is 2.82. The zero-order valence-corrected chi connectivity index (χ0v) is 6.88. The Morgan fingerprint density at radius 3 is 2.58 bits per heavy atom. The third kappa shape index (κ3) is 1.21. The van der Waals surface area contributed by atoms with Crippen LogP contribution in [0.2, 0.25) is 0 Å². The van der Waals surface area contributed by atoms with Gasteiger partial charge in [-0.2, -0.15) is 0 Å². The largest absolute Gasteiger partial charge is 0.480 e. The van der Waals surface area contributed by atoms with Crippen LogP contribution < -0.4 is 5.32 Å². The highest BCUT2D eigenvalue weighted by atomic mass is 16.5. The molecule has 2 fully saturated rings. The van der Waals surface area contributed by atoms with Gasteiger partial charge in [-0.25, -0.2) is 0 Å². The molecule has 1 unspecified atom stereocenters. The Morgan fingerprint density at radius 1 is 1.50 bits per heavy atom. The zero-order chi connectivity index (χ0) is 8.60. The minimum atomic E-state index is -0.730. The lowest BCUT2D eigenvalue weighted by Gasteiger charge is -2.49. The average molecular weight is 171 g/mol. The number of hydrogen-bond acceptors (Lipinski definition) is 3. The minimum Gasteiger partial charge on any atom is -0.480 e. The molecular weight excluding hydrogens is 158 g/mol. The molecule has 12 heavy (non-hydrogen) atoms. The van der Waals surface area contributed by atoms with Crippen LogP contribution in [0.1, 0.15) is 19.3 Å². The first kappa shape index (κ1) is 8.01. The van der Waals surface area contributed by atoms with Crippen molar-refractivity contribution >= 4 is 5.97 Å². The Kier molecular flexibility index (Phi) is 1.81. The molecule has 0 saturated carbocycles. The van der Waals surface area contributed by atoms with E-state index in [9.17, 15) is 4.79 Å². The van der Waals surface area contributed by atoms with Gasteiger partial charge in [0, 0.05) is 18.8 Å². The summed E-state index contributed by atoms with van der Waals surface area (Å²) in [5.74, 6) is -0.730. The minimum absolute atomic E-state index is 0.0985. The topological polar surface area (TPSA) is 58.6 Å². The summed E-state index contributed by atoms with van der Waals surface area (Å²) in [5, 5.41) is 11.8. The van der Waals surface area contributed by atoms with Crippen molar-refractivity contribution in [1.29, 1.82) is 0 Å². The van der Waals surface area contributed by atoms with Crippen LogP contribution in [0.3, 0.4) is 0 Å². The van der Waals surface area contributed by atoms with Crippen LogP contribution in [0.4, 0.5) is 0 Å². The maximum Gasteiger partial charge on any atom is 0.320 e. The normalized spacial score (nSPS) is 32.8. The summed E-state index contributed by atoms with van der Waals surface area (Å²) in [6, 6.07) is -0.317. The van der Waals surface area contributed by atoms with E-state index in [-0.39, 0.29) is 11.6 Å². The van der Waals surface area contributed by atoms with E-state index in [0.29, 0.717) is 0 Å². The summed E-state index contributed by atoms with van der Waals surface area (Å²) in [6.45, 7) is 1.53. The molecule has 2 saturated heterocycles. The summed E-state index contributed by atoms with van der Waals surface area (Å²) < 4.78 is 5.21. The van der Waals surface area contributed by atoms with Crippen molar-refractivity contribution in [2.75, 3.05) is 13.2 Å². The summed E-state index contributed by atoms with van der Waals surface area (Å²) >= 11 is 0. The fourth-order valence-corrected chi connectivity index (χ4v) is 2.00. The van der Waals surface area contributed by atoms with Gasteiger partial charge in [0.1, 0.15) is 6.04 Å². The Labute approximate surface area is 70.9 Å². The van der Waals surface area contributed by atoms with Crippen molar-refractivity contribution in [2.24, 2.45) is 0 Å². The van der Waals surface area contributed by atoms with Gasteiger partial charge >= 0.3 is 5.97 Å². The molecule has 0 aliphatic carbocycles. The lowest BCUT2D eigenvalue weighted by Crippen LogP contribution is -2.67. The van der Waals surface area contributed by atoms with E-state index in [2.05, 4.69) is 5.32 Å². The molecule has 4 heteroatoms. The number of carbonyl (C=O) groups is 1. The van der Waals surface area contributed by atoms with E-state index in [1.165, 1.54) is 0 Å². The zero-order valence-electron chi connectivity index (χ0n) is 6.88. The Morgan fingerprint density at radius 2 is 2.08 bits per heavy atom. The van der Waals surface area contributed by atoms with Gasteiger partial charge in [-0.05, 0) is 19.3 Å². The van der Waals surface area contributed by atoms with Gasteiger partial charge in [0.25, 0.3) is 0 Å². The average Bonchev–Trinajstić information content (AvgIpc) is 2.01. The second-order valence-corrected chi connectivity index (χ2v) is 3.63. The van der Waals surface area contributed by atoms with Gasteiger partial charge in [0.05, 0.1) is 0 Å². The highest BCUT2D eigenvalue weighted by Gasteiger charge is 2.47. The molecule has 0 radical (unpaired) electrons. The molecule has 1 atom stereocenters. The highest BCUT2D eigenvalue weighted by molar-refractivity contribution is 5.75. The number of aliphatic carboxylic acids is 1. The first-order chi connectivity index (χ1) is 5.72. The van der Waals surface area contributed by atoms with Crippen LogP contribution in [0.25, 0.3) is 0 Å². The maximum atomic E-state index is 10.5. The molecule has 0 aromatic rings. The number of nitrogens with one attached hydrogen (secondary N) is 1. The summed E-state index contributed by atoms with van der Waals surface area (Å²) in [7, 11) is 0. The molecule has 2 N–H and O–H groups in total. The van der Waals surface area contributed by atoms with Gasteiger partial charge in [-0.3, -0.25) is 10.1 Å². The molecule has 0 amide bonds. The van der Waals surface area contributed by atoms with E-state index in [1.54, 1.807) is 0 Å². The van der Waals surface area contributed by atoms with E-state index in [1.807, 2.05) is 0 Å². The van der Waals surface area contributed by atoms with Crippen molar-refractivity contribution in [3.8, 4) is 0 Å². The summed E-state index contributed by atoms with van der Waals surface area (Å²) in [5.41, 5.74) is 0.0985. The predicted octanol–water partition coefficient (Wildman–Crippen LogP) is -0.0179. The van der Waals surface area contributed by atoms with Crippen molar-refractivity contribution < 1.29 is 14.6 Å². The van der Waals surface area contributed by atoms with Crippen LogP contribution in [-0.2, 0) is 9.53 Å². The number of carboxylic acids is 1. The molecule has 2 aliphatic rings. The second-order valence-electron chi connectivity index (χ2n) is 3.63. The Bertz CT molecular complexity index is 190. The quantitative estimate of drug-likeness (QED) is 0.582. The van der Waals surface area contributed by atoms with E-state index >= 15 is 0 Å². The number of rotatable bonds is 1. The molecule has 0 bridgehead atoms. The Hall–Kier alpha value is -0.610. The molecule has 0 aromatic heterocycles. The van der Waals surface area contributed by atoms with Crippen LogP contribution in [0.15, 0.2) is 0 Å². The Balaban J connectivity index is 1.88. The molecule has 2 heterocycles. The summed E-state index contributed by atoms with van der Waals surface area (Å²) in [6.07, 6.45) is 2.68. The maximum absolute atomic E-state index is 10.5. The van der Waals surface area contributed by atoms with E-state index in [0.717, 1.165) is 32.5 Å². The standard InChI is InChI=1S/C8H13NO3/c10-7(11)6-5-8(9-6)1-3-12-4-2-8/h6,9H,1-5H2,(H,10,11). The predicted molar refractivity (Wildman–Crippen MR) is 42.0 cm³/mol. The van der Waals surface area contributed by atoms with Crippen LogP contribution >= 0.6 is 0 Å². The van der Waals surface area contributed by atoms with Crippen molar-refractivity contribution in [1.82, 2.24) is 5.32 Å². The summed E-state index contributed by atoms with van der Waals surface area (Å²) in [4.78, 5) is 10.5. The number of hydrogen-bond donors (Lipinski definition) is 2. The first-order valence-corrected chi connectivity index (χ1v) is 4.30. The second kappa shape index (κ2) is 2.71. The van der Waals surface area contributed by atoms with E-state index in [4.69, 9.17) is 9.84 Å². The lowest BCUT2D eigenvalue weighted by atomic mass is 9.76. The molecular formula is C8H13NO3. The van der Waals surface area contributed by atoms with Crippen LogP contribution in [-0.4, -0.2) is 35.9 Å². The van der Waals surface area contributed by atoms with Crippen molar-refractivity contribution in [3.63, 3.8) is 0 Å². The first-order valence-electron chi connectivity index (χ1n) is 4.30. The molecule has 1 spiro atoms.